The molecule has 100 valence electrons. The van der Waals surface area contributed by atoms with Gasteiger partial charge in [0.05, 0.1) is 6.54 Å². The summed E-state index contributed by atoms with van der Waals surface area (Å²) in [4.78, 5) is 16.2. The van der Waals surface area contributed by atoms with Crippen LogP contribution in [0.2, 0.25) is 0 Å². The van der Waals surface area contributed by atoms with E-state index in [2.05, 4.69) is 22.1 Å². The number of hydrogen-bond donors (Lipinski definition) is 2. The van der Waals surface area contributed by atoms with Gasteiger partial charge in [-0.05, 0) is 42.8 Å². The van der Waals surface area contributed by atoms with Crippen molar-refractivity contribution >= 4 is 11.7 Å². The molecule has 0 unspecified atom stereocenters. The number of amides is 1. The van der Waals surface area contributed by atoms with E-state index in [9.17, 15) is 4.79 Å². The fourth-order valence-electron chi connectivity index (χ4n) is 1.65. The summed E-state index contributed by atoms with van der Waals surface area (Å²) in [7, 11) is 0. The van der Waals surface area contributed by atoms with Gasteiger partial charge in [0, 0.05) is 17.3 Å². The second-order valence-corrected chi connectivity index (χ2v) is 4.21. The van der Waals surface area contributed by atoms with Crippen molar-refractivity contribution in [1.29, 1.82) is 0 Å². The number of aryl methyl sites for hydroxylation is 1. The van der Waals surface area contributed by atoms with Crippen LogP contribution in [-0.4, -0.2) is 17.4 Å². The molecule has 0 saturated heterocycles. The van der Waals surface area contributed by atoms with E-state index in [1.165, 1.54) is 0 Å². The highest BCUT2D eigenvalue weighted by Crippen LogP contribution is 2.11. The monoisotopic (exact) mass is 265 g/mol. The summed E-state index contributed by atoms with van der Waals surface area (Å²) in [5.41, 5.74) is 7.63. The molecule has 0 atom stereocenters. The van der Waals surface area contributed by atoms with Gasteiger partial charge in [-0.1, -0.05) is 17.9 Å². The van der Waals surface area contributed by atoms with Gasteiger partial charge in [-0.3, -0.25) is 4.79 Å². The smallest absolute Gasteiger partial charge is 0.256 e. The number of hydrogen-bond acceptors (Lipinski definition) is 3. The van der Waals surface area contributed by atoms with E-state index >= 15 is 0 Å². The van der Waals surface area contributed by atoms with Crippen LogP contribution in [0.3, 0.4) is 0 Å². The lowest BCUT2D eigenvalue weighted by molar-refractivity contribution is 0.102. The molecule has 1 aromatic heterocycles. The molecule has 0 aliphatic heterocycles. The summed E-state index contributed by atoms with van der Waals surface area (Å²) in [6.45, 7) is 2.22. The predicted octanol–water partition coefficient (Wildman–Crippen LogP) is 1.95. The molecule has 0 aliphatic rings. The molecule has 1 heterocycles. The fraction of sp³-hybridized carbons (Fsp3) is 0.125. The Hall–Kier alpha value is -2.64. The third-order valence-corrected chi connectivity index (χ3v) is 2.72. The van der Waals surface area contributed by atoms with Gasteiger partial charge in [0.15, 0.2) is 0 Å². The van der Waals surface area contributed by atoms with Gasteiger partial charge in [-0.25, -0.2) is 4.98 Å². The van der Waals surface area contributed by atoms with Crippen molar-refractivity contribution in [3.63, 3.8) is 0 Å². The number of anilines is 1. The minimum absolute atomic E-state index is 0.190. The highest BCUT2D eigenvalue weighted by molar-refractivity contribution is 6.04. The Morgan fingerprint density at radius 3 is 2.70 bits per heavy atom. The van der Waals surface area contributed by atoms with Gasteiger partial charge in [0.1, 0.15) is 5.82 Å². The lowest BCUT2D eigenvalue weighted by atomic mass is 10.1. The first-order valence-corrected chi connectivity index (χ1v) is 6.22. The molecule has 1 aromatic carbocycles. The normalized spacial score (nSPS) is 9.50. The van der Waals surface area contributed by atoms with Gasteiger partial charge in [-0.15, -0.1) is 0 Å². The first-order chi connectivity index (χ1) is 9.70. The molecule has 2 rings (SSSR count). The van der Waals surface area contributed by atoms with Crippen molar-refractivity contribution in [1.82, 2.24) is 4.98 Å². The molecular formula is C16H15N3O. The minimum Gasteiger partial charge on any atom is -0.320 e. The average Bonchev–Trinajstić information content (AvgIpc) is 2.48. The number of pyridine rings is 1. The quantitative estimate of drug-likeness (QED) is 0.815. The third-order valence-electron chi connectivity index (χ3n) is 2.72. The summed E-state index contributed by atoms with van der Waals surface area (Å²) >= 11 is 0. The second kappa shape index (κ2) is 6.50. The van der Waals surface area contributed by atoms with Crippen LogP contribution < -0.4 is 11.1 Å². The Kier molecular flexibility index (Phi) is 4.48. The maximum Gasteiger partial charge on any atom is 0.256 e. The lowest BCUT2D eigenvalue weighted by Crippen LogP contribution is -2.13. The SMILES string of the molecule is Cc1cccnc1NC(=O)c1ccc(C#CCN)cc1. The van der Waals surface area contributed by atoms with E-state index < -0.39 is 0 Å². The van der Waals surface area contributed by atoms with E-state index in [4.69, 9.17) is 5.73 Å². The van der Waals surface area contributed by atoms with Crippen LogP contribution in [-0.2, 0) is 0 Å². The zero-order valence-electron chi connectivity index (χ0n) is 11.2. The molecule has 4 heteroatoms. The highest BCUT2D eigenvalue weighted by atomic mass is 16.1. The number of nitrogens with two attached hydrogens (primary N) is 1. The topological polar surface area (TPSA) is 68.0 Å². The molecule has 2 aromatic rings. The van der Waals surface area contributed by atoms with Crippen molar-refractivity contribution in [2.75, 3.05) is 11.9 Å². The third kappa shape index (κ3) is 3.44. The number of benzene rings is 1. The number of nitrogens with one attached hydrogen (secondary N) is 1. The van der Waals surface area contributed by atoms with Crippen molar-refractivity contribution in [2.24, 2.45) is 5.73 Å². The largest absolute Gasteiger partial charge is 0.320 e. The van der Waals surface area contributed by atoms with E-state index in [0.717, 1.165) is 11.1 Å². The van der Waals surface area contributed by atoms with Gasteiger partial charge < -0.3 is 11.1 Å². The standard InChI is InChI=1S/C16H15N3O/c1-12-4-3-11-18-15(12)19-16(20)14-8-6-13(7-9-14)5-2-10-17/h3-4,6-9,11H,10,17H2,1H3,(H,18,19,20). The van der Waals surface area contributed by atoms with Gasteiger partial charge in [0.25, 0.3) is 5.91 Å². The molecule has 0 bridgehead atoms. The summed E-state index contributed by atoms with van der Waals surface area (Å²) in [6.07, 6.45) is 1.65. The average molecular weight is 265 g/mol. The number of carbonyl (C=O) groups excluding carboxylic acids is 1. The Morgan fingerprint density at radius 1 is 1.30 bits per heavy atom. The van der Waals surface area contributed by atoms with Crippen LogP contribution in [0, 0.1) is 18.8 Å². The van der Waals surface area contributed by atoms with Gasteiger partial charge in [0.2, 0.25) is 0 Å². The first-order valence-electron chi connectivity index (χ1n) is 6.22. The molecule has 4 nitrogen and oxygen atoms in total. The van der Waals surface area contributed by atoms with Crippen LogP contribution in [0.5, 0.6) is 0 Å². The molecule has 0 fully saturated rings. The zero-order chi connectivity index (χ0) is 14.4. The number of nitrogens with zero attached hydrogens (tertiary/aromatic N) is 1. The lowest BCUT2D eigenvalue weighted by Gasteiger charge is -2.06. The Morgan fingerprint density at radius 2 is 2.05 bits per heavy atom. The van der Waals surface area contributed by atoms with E-state index in [1.807, 2.05) is 19.1 Å². The van der Waals surface area contributed by atoms with E-state index in [-0.39, 0.29) is 5.91 Å². The Bertz CT molecular complexity index is 666. The Labute approximate surface area is 118 Å². The number of rotatable bonds is 2. The molecule has 20 heavy (non-hydrogen) atoms. The van der Waals surface area contributed by atoms with Crippen molar-refractivity contribution in [3.8, 4) is 11.8 Å². The molecule has 0 saturated carbocycles. The summed E-state index contributed by atoms with van der Waals surface area (Å²) in [6, 6.07) is 10.8. The summed E-state index contributed by atoms with van der Waals surface area (Å²) < 4.78 is 0. The number of aromatic nitrogens is 1. The van der Waals surface area contributed by atoms with Crippen LogP contribution in [0.15, 0.2) is 42.6 Å². The van der Waals surface area contributed by atoms with Crippen molar-refractivity contribution < 1.29 is 4.79 Å². The summed E-state index contributed by atoms with van der Waals surface area (Å²) in [5.74, 6) is 6.06. The zero-order valence-corrected chi connectivity index (χ0v) is 11.2. The van der Waals surface area contributed by atoms with Crippen LogP contribution in [0.1, 0.15) is 21.5 Å². The van der Waals surface area contributed by atoms with Crippen LogP contribution in [0.25, 0.3) is 0 Å². The Balaban J connectivity index is 2.12. The minimum atomic E-state index is -0.190. The van der Waals surface area contributed by atoms with Crippen molar-refractivity contribution in [2.45, 2.75) is 6.92 Å². The van der Waals surface area contributed by atoms with E-state index in [1.54, 1.807) is 30.5 Å². The molecule has 0 spiro atoms. The molecule has 3 N–H and O–H groups in total. The number of carbonyl (C=O) groups is 1. The fourth-order valence-corrected chi connectivity index (χ4v) is 1.65. The van der Waals surface area contributed by atoms with Crippen LogP contribution >= 0.6 is 0 Å². The maximum atomic E-state index is 12.1. The molecule has 0 radical (unpaired) electrons. The highest BCUT2D eigenvalue weighted by Gasteiger charge is 2.07. The second-order valence-electron chi connectivity index (χ2n) is 4.21. The summed E-state index contributed by atoms with van der Waals surface area (Å²) in [5, 5.41) is 2.78. The molecule has 1 amide bonds. The maximum absolute atomic E-state index is 12.1. The van der Waals surface area contributed by atoms with Crippen LogP contribution in [0.4, 0.5) is 5.82 Å². The first kappa shape index (κ1) is 13.8. The van der Waals surface area contributed by atoms with Gasteiger partial charge >= 0.3 is 0 Å². The molecule has 0 aliphatic carbocycles. The van der Waals surface area contributed by atoms with E-state index in [0.29, 0.717) is 17.9 Å². The van der Waals surface area contributed by atoms with Crippen molar-refractivity contribution in [3.05, 3.63) is 59.3 Å². The van der Waals surface area contributed by atoms with Gasteiger partial charge in [-0.2, -0.15) is 0 Å². The molecular weight excluding hydrogens is 250 g/mol. The predicted molar refractivity (Wildman–Crippen MR) is 79.3 cm³/mol.